The molecule has 3 rings (SSSR count). The molecule has 1 N–H and O–H groups in total. The lowest BCUT2D eigenvalue weighted by Gasteiger charge is -2.59. The third kappa shape index (κ3) is 2.46. The van der Waals surface area contributed by atoms with E-state index in [1.54, 1.807) is 0 Å². The zero-order chi connectivity index (χ0) is 17.8. The van der Waals surface area contributed by atoms with Gasteiger partial charge in [0.15, 0.2) is 0 Å². The molecule has 0 amide bonds. The molecule has 0 unspecified atom stereocenters. The van der Waals surface area contributed by atoms with Crippen LogP contribution in [0.1, 0.15) is 72.6 Å². The SMILES string of the molecule is COC(=O)[C@]1(C)CCC[C@@]2(C)[C@H]1CCC1=C[C@](C)([C@H](C)O)CC[C@@H]12. The summed E-state index contributed by atoms with van der Waals surface area (Å²) in [6, 6.07) is 0. The molecule has 3 aliphatic rings. The Morgan fingerprint density at radius 1 is 1.25 bits per heavy atom. The molecule has 0 aromatic carbocycles. The third-order valence-electron chi connectivity index (χ3n) is 8.03. The first-order valence-electron chi connectivity index (χ1n) is 9.65. The van der Waals surface area contributed by atoms with E-state index in [9.17, 15) is 9.90 Å². The molecular weight excluding hydrogens is 300 g/mol. The molecule has 0 aliphatic heterocycles. The molecule has 2 saturated carbocycles. The molecule has 3 nitrogen and oxygen atoms in total. The Hall–Kier alpha value is -0.830. The lowest BCUT2D eigenvalue weighted by atomic mass is 9.45. The second-order valence-electron chi connectivity index (χ2n) is 9.35. The lowest BCUT2D eigenvalue weighted by molar-refractivity contribution is -0.168. The van der Waals surface area contributed by atoms with Crippen LogP contribution in [0.25, 0.3) is 0 Å². The van der Waals surface area contributed by atoms with Crippen LogP contribution < -0.4 is 0 Å². The molecule has 2 fully saturated rings. The average Bonchev–Trinajstić information content (AvgIpc) is 2.53. The van der Waals surface area contributed by atoms with Crippen LogP contribution >= 0.6 is 0 Å². The van der Waals surface area contributed by atoms with Crippen LogP contribution in [-0.4, -0.2) is 24.3 Å². The maximum Gasteiger partial charge on any atom is 0.311 e. The quantitative estimate of drug-likeness (QED) is 0.598. The van der Waals surface area contributed by atoms with Gasteiger partial charge in [-0.15, -0.1) is 0 Å². The van der Waals surface area contributed by atoms with Crippen LogP contribution in [0, 0.1) is 28.1 Å². The highest BCUT2D eigenvalue weighted by atomic mass is 16.5. The standard InChI is InChI=1S/C21H34O3/c1-14(22)19(2)12-9-16-15(13-19)7-8-17-20(16,3)10-6-11-21(17,4)18(23)24-5/h13-14,16-17,22H,6-12H2,1-5H3/t14-,16-,17+,19+,20+,21+/m0/s1. The van der Waals surface area contributed by atoms with Gasteiger partial charge in [-0.2, -0.15) is 0 Å². The van der Waals surface area contributed by atoms with E-state index in [0.29, 0.717) is 11.8 Å². The topological polar surface area (TPSA) is 46.5 Å². The van der Waals surface area contributed by atoms with Gasteiger partial charge in [-0.05, 0) is 69.6 Å². The predicted molar refractivity (Wildman–Crippen MR) is 95.4 cm³/mol. The van der Waals surface area contributed by atoms with E-state index < -0.39 is 0 Å². The smallest absolute Gasteiger partial charge is 0.311 e. The van der Waals surface area contributed by atoms with Gasteiger partial charge in [0, 0.05) is 5.41 Å². The van der Waals surface area contributed by atoms with Gasteiger partial charge in [-0.25, -0.2) is 0 Å². The third-order valence-corrected chi connectivity index (χ3v) is 8.03. The van der Waals surface area contributed by atoms with Crippen LogP contribution in [0.2, 0.25) is 0 Å². The first-order valence-corrected chi connectivity index (χ1v) is 9.65. The largest absolute Gasteiger partial charge is 0.469 e. The molecule has 0 bridgehead atoms. The van der Waals surface area contributed by atoms with Crippen LogP contribution in [0.3, 0.4) is 0 Å². The fraction of sp³-hybridized carbons (Fsp3) is 0.857. The van der Waals surface area contributed by atoms with Gasteiger partial charge in [0.2, 0.25) is 0 Å². The highest BCUT2D eigenvalue weighted by Crippen LogP contribution is 2.64. The zero-order valence-corrected chi connectivity index (χ0v) is 16.0. The van der Waals surface area contributed by atoms with Crippen molar-refractivity contribution in [2.45, 2.75) is 78.7 Å². The summed E-state index contributed by atoms with van der Waals surface area (Å²) in [5.41, 5.74) is 1.30. The monoisotopic (exact) mass is 334 g/mol. The normalized spacial score (nSPS) is 46.3. The van der Waals surface area contributed by atoms with Crippen LogP contribution in [-0.2, 0) is 9.53 Å². The van der Waals surface area contributed by atoms with Gasteiger partial charge in [0.1, 0.15) is 0 Å². The average molecular weight is 335 g/mol. The maximum absolute atomic E-state index is 12.6. The summed E-state index contributed by atoms with van der Waals surface area (Å²) in [6.45, 7) is 8.66. The highest BCUT2D eigenvalue weighted by molar-refractivity contribution is 5.77. The minimum absolute atomic E-state index is 0.0181. The summed E-state index contributed by atoms with van der Waals surface area (Å²) in [5.74, 6) is 0.951. The van der Waals surface area contributed by atoms with Gasteiger partial charge in [-0.1, -0.05) is 31.9 Å². The Labute approximate surface area is 146 Å². The second-order valence-corrected chi connectivity index (χ2v) is 9.35. The molecule has 136 valence electrons. The van der Waals surface area contributed by atoms with Gasteiger partial charge in [-0.3, -0.25) is 4.79 Å². The van der Waals surface area contributed by atoms with Crippen molar-refractivity contribution in [2.75, 3.05) is 7.11 Å². The summed E-state index contributed by atoms with van der Waals surface area (Å²) in [7, 11) is 1.53. The number of hydrogen-bond donors (Lipinski definition) is 1. The molecule has 3 aliphatic carbocycles. The summed E-state index contributed by atoms with van der Waals surface area (Å²) in [4.78, 5) is 12.6. The summed E-state index contributed by atoms with van der Waals surface area (Å²) in [5, 5.41) is 10.2. The molecule has 0 heterocycles. The van der Waals surface area contributed by atoms with Crippen molar-refractivity contribution in [3.8, 4) is 0 Å². The van der Waals surface area contributed by atoms with Gasteiger partial charge in [0.25, 0.3) is 0 Å². The van der Waals surface area contributed by atoms with E-state index in [0.717, 1.165) is 38.5 Å². The minimum atomic E-state index is -0.335. The van der Waals surface area contributed by atoms with E-state index in [2.05, 4.69) is 26.8 Å². The molecule has 6 atom stereocenters. The Bertz CT molecular complexity index is 551. The Balaban J connectivity index is 1.96. The Kier molecular flexibility index (Phi) is 4.39. The van der Waals surface area contributed by atoms with Crippen molar-refractivity contribution in [3.05, 3.63) is 11.6 Å². The molecular formula is C21H34O3. The number of hydrogen-bond acceptors (Lipinski definition) is 3. The highest BCUT2D eigenvalue weighted by Gasteiger charge is 2.58. The first kappa shape index (κ1) is 18.0. The van der Waals surface area contributed by atoms with Crippen molar-refractivity contribution < 1.29 is 14.6 Å². The van der Waals surface area contributed by atoms with Gasteiger partial charge >= 0.3 is 5.97 Å². The van der Waals surface area contributed by atoms with Crippen LogP contribution in [0.4, 0.5) is 0 Å². The number of carbonyl (C=O) groups excluding carboxylic acids is 1. The fourth-order valence-corrected chi connectivity index (χ4v) is 6.33. The minimum Gasteiger partial charge on any atom is -0.469 e. The Morgan fingerprint density at radius 3 is 2.58 bits per heavy atom. The first-order chi connectivity index (χ1) is 11.2. The number of fused-ring (bicyclic) bond motifs is 3. The second kappa shape index (κ2) is 5.86. The number of aliphatic hydroxyl groups excluding tert-OH is 1. The van der Waals surface area contributed by atoms with E-state index >= 15 is 0 Å². The predicted octanol–water partition coefficient (Wildman–Crippen LogP) is 4.49. The number of esters is 1. The number of allylic oxidation sites excluding steroid dienone is 1. The molecule has 24 heavy (non-hydrogen) atoms. The van der Waals surface area contributed by atoms with E-state index in [1.807, 2.05) is 6.92 Å². The number of rotatable bonds is 2. The van der Waals surface area contributed by atoms with E-state index in [-0.39, 0.29) is 28.3 Å². The summed E-state index contributed by atoms with van der Waals surface area (Å²) in [6.07, 6.45) is 9.67. The maximum atomic E-state index is 12.6. The van der Waals surface area contributed by atoms with Gasteiger partial charge in [0.05, 0.1) is 18.6 Å². The molecule has 0 aromatic rings. The fourth-order valence-electron chi connectivity index (χ4n) is 6.33. The van der Waals surface area contributed by atoms with E-state index in [4.69, 9.17) is 4.74 Å². The van der Waals surface area contributed by atoms with Crippen molar-refractivity contribution in [3.63, 3.8) is 0 Å². The number of aliphatic hydroxyl groups is 1. The summed E-state index contributed by atoms with van der Waals surface area (Å²) >= 11 is 0. The summed E-state index contributed by atoms with van der Waals surface area (Å²) < 4.78 is 5.20. The molecule has 0 saturated heterocycles. The van der Waals surface area contributed by atoms with Crippen molar-refractivity contribution in [1.29, 1.82) is 0 Å². The molecule has 0 radical (unpaired) electrons. The Morgan fingerprint density at radius 2 is 1.96 bits per heavy atom. The molecule has 0 aromatic heterocycles. The van der Waals surface area contributed by atoms with Gasteiger partial charge < -0.3 is 9.84 Å². The van der Waals surface area contributed by atoms with Crippen molar-refractivity contribution >= 4 is 5.97 Å². The number of carbonyl (C=O) groups is 1. The van der Waals surface area contributed by atoms with Crippen LogP contribution in [0.15, 0.2) is 11.6 Å². The molecule has 0 spiro atoms. The van der Waals surface area contributed by atoms with Crippen molar-refractivity contribution in [2.24, 2.45) is 28.1 Å². The number of ether oxygens (including phenoxy) is 1. The zero-order valence-electron chi connectivity index (χ0n) is 16.0. The lowest BCUT2D eigenvalue weighted by Crippen LogP contribution is -2.54. The molecule has 3 heteroatoms. The number of methoxy groups -OCH3 is 1. The van der Waals surface area contributed by atoms with Crippen molar-refractivity contribution in [1.82, 2.24) is 0 Å². The van der Waals surface area contributed by atoms with E-state index in [1.165, 1.54) is 19.1 Å². The van der Waals surface area contributed by atoms with Crippen LogP contribution in [0.5, 0.6) is 0 Å².